The van der Waals surface area contributed by atoms with Crippen molar-refractivity contribution in [2.75, 3.05) is 17.2 Å². The van der Waals surface area contributed by atoms with Gasteiger partial charge in [0.05, 0.1) is 11.4 Å². The first-order valence-electron chi connectivity index (χ1n) is 3.82. The van der Waals surface area contributed by atoms with E-state index in [4.69, 9.17) is 5.73 Å². The van der Waals surface area contributed by atoms with E-state index < -0.39 is 0 Å². The highest BCUT2D eigenvalue weighted by molar-refractivity contribution is 5.74. The van der Waals surface area contributed by atoms with Crippen molar-refractivity contribution in [2.24, 2.45) is 5.73 Å². The van der Waals surface area contributed by atoms with Crippen LogP contribution in [0.2, 0.25) is 0 Å². The lowest BCUT2D eigenvalue weighted by molar-refractivity contribution is 0.628. The maximum Gasteiger partial charge on any atom is 0.125 e. The minimum Gasteiger partial charge on any atom is -0.363 e. The Bertz CT molecular complexity index is 300. The molecule has 0 bridgehead atoms. The maximum absolute atomic E-state index is 12.7. The monoisotopic (exact) mass is 167 g/mol. The van der Waals surface area contributed by atoms with Crippen LogP contribution in [0.25, 0.3) is 0 Å². The number of rotatable bonds is 1. The van der Waals surface area contributed by atoms with Gasteiger partial charge in [-0.25, -0.2) is 4.39 Å². The van der Waals surface area contributed by atoms with E-state index in [0.29, 0.717) is 6.54 Å². The summed E-state index contributed by atoms with van der Waals surface area (Å²) in [5.74, 6) is -0.235. The van der Waals surface area contributed by atoms with Crippen molar-refractivity contribution in [3.05, 3.63) is 24.0 Å². The van der Waals surface area contributed by atoms with Gasteiger partial charge in [0.25, 0.3) is 0 Å². The van der Waals surface area contributed by atoms with Gasteiger partial charge < -0.3 is 16.4 Å². The molecular weight excluding hydrogens is 157 g/mol. The third kappa shape index (κ3) is 1.10. The summed E-state index contributed by atoms with van der Waals surface area (Å²) in [6.45, 7) is 0.482. The summed E-state index contributed by atoms with van der Waals surface area (Å²) in [5.41, 5.74) is 7.12. The molecule has 64 valence electrons. The molecule has 3 nitrogen and oxygen atoms in total. The zero-order chi connectivity index (χ0) is 8.55. The second-order valence-electron chi connectivity index (χ2n) is 2.77. The van der Waals surface area contributed by atoms with Crippen molar-refractivity contribution in [3.63, 3.8) is 0 Å². The summed E-state index contributed by atoms with van der Waals surface area (Å²) >= 11 is 0. The lowest BCUT2D eigenvalue weighted by Gasteiger charge is -2.07. The molecule has 1 unspecified atom stereocenters. The average Bonchev–Trinajstić information content (AvgIpc) is 2.46. The maximum atomic E-state index is 12.7. The van der Waals surface area contributed by atoms with Gasteiger partial charge >= 0.3 is 0 Å². The molecule has 0 fully saturated rings. The summed E-state index contributed by atoms with van der Waals surface area (Å²) in [5, 5.41) is 6.16. The lowest BCUT2D eigenvalue weighted by Crippen LogP contribution is -2.31. The first kappa shape index (κ1) is 7.36. The molecule has 0 amide bonds. The highest BCUT2D eigenvalue weighted by Gasteiger charge is 2.17. The van der Waals surface area contributed by atoms with Gasteiger partial charge in [-0.1, -0.05) is 0 Å². The fourth-order valence-corrected chi connectivity index (χ4v) is 1.29. The molecule has 1 aromatic carbocycles. The molecule has 1 aliphatic rings. The van der Waals surface area contributed by atoms with E-state index in [1.54, 1.807) is 6.07 Å². The van der Waals surface area contributed by atoms with Crippen molar-refractivity contribution >= 4 is 11.4 Å². The third-order valence-electron chi connectivity index (χ3n) is 1.88. The van der Waals surface area contributed by atoms with Crippen molar-refractivity contribution < 1.29 is 4.39 Å². The summed E-state index contributed by atoms with van der Waals surface area (Å²) < 4.78 is 12.7. The van der Waals surface area contributed by atoms with Gasteiger partial charge in [0.15, 0.2) is 0 Å². The quantitative estimate of drug-likeness (QED) is 0.583. The predicted molar refractivity (Wildman–Crippen MR) is 46.5 cm³/mol. The molecule has 4 heteroatoms. The molecule has 1 atom stereocenters. The summed E-state index contributed by atoms with van der Waals surface area (Å²) in [6.07, 6.45) is 0.0294. The molecule has 2 rings (SSSR count). The highest BCUT2D eigenvalue weighted by Crippen LogP contribution is 2.28. The lowest BCUT2D eigenvalue weighted by atomic mass is 10.3. The van der Waals surface area contributed by atoms with E-state index in [0.717, 1.165) is 11.4 Å². The van der Waals surface area contributed by atoms with Crippen molar-refractivity contribution in [3.8, 4) is 0 Å². The minimum absolute atomic E-state index is 0.0294. The molecule has 0 spiro atoms. The van der Waals surface area contributed by atoms with Gasteiger partial charge in [0, 0.05) is 6.54 Å². The Balaban J connectivity index is 2.30. The van der Waals surface area contributed by atoms with Crippen molar-refractivity contribution in [2.45, 2.75) is 6.17 Å². The molecule has 0 aliphatic carbocycles. The number of hydrogen-bond donors (Lipinski definition) is 3. The van der Waals surface area contributed by atoms with Gasteiger partial charge in [-0.3, -0.25) is 0 Å². The zero-order valence-corrected chi connectivity index (χ0v) is 6.47. The van der Waals surface area contributed by atoms with Crippen LogP contribution in [0.1, 0.15) is 0 Å². The summed E-state index contributed by atoms with van der Waals surface area (Å²) in [6, 6.07) is 4.58. The number of nitrogens with two attached hydrogens (primary N) is 1. The molecule has 0 saturated heterocycles. The second-order valence-corrected chi connectivity index (χ2v) is 2.77. The number of fused-ring (bicyclic) bond motifs is 1. The fourth-order valence-electron chi connectivity index (χ4n) is 1.29. The van der Waals surface area contributed by atoms with E-state index in [1.165, 1.54) is 12.1 Å². The van der Waals surface area contributed by atoms with Crippen LogP contribution in [0.4, 0.5) is 15.8 Å². The molecule has 4 N–H and O–H groups in total. The van der Waals surface area contributed by atoms with Crippen LogP contribution in [0.3, 0.4) is 0 Å². The predicted octanol–water partition coefficient (Wildman–Crippen LogP) is 0.948. The van der Waals surface area contributed by atoms with Gasteiger partial charge in [-0.2, -0.15) is 0 Å². The first-order valence-corrected chi connectivity index (χ1v) is 3.82. The zero-order valence-electron chi connectivity index (χ0n) is 6.47. The van der Waals surface area contributed by atoms with Crippen LogP contribution in [-0.4, -0.2) is 12.7 Å². The number of benzene rings is 1. The fraction of sp³-hybridized carbons (Fsp3) is 0.250. The largest absolute Gasteiger partial charge is 0.363 e. The highest BCUT2D eigenvalue weighted by atomic mass is 19.1. The topological polar surface area (TPSA) is 50.1 Å². The molecule has 0 aromatic heterocycles. The minimum atomic E-state index is -0.235. The van der Waals surface area contributed by atoms with Crippen molar-refractivity contribution in [1.82, 2.24) is 0 Å². The van der Waals surface area contributed by atoms with Crippen molar-refractivity contribution in [1.29, 1.82) is 0 Å². The average molecular weight is 167 g/mol. The Hall–Kier alpha value is -1.29. The second kappa shape index (κ2) is 2.64. The van der Waals surface area contributed by atoms with Crippen LogP contribution in [0.5, 0.6) is 0 Å². The molecule has 12 heavy (non-hydrogen) atoms. The van der Waals surface area contributed by atoms with E-state index in [-0.39, 0.29) is 12.0 Å². The number of nitrogens with one attached hydrogen (secondary N) is 2. The Kier molecular flexibility index (Phi) is 1.62. The standard InChI is InChI=1S/C8H10FN3/c9-5-1-2-6-7(3-5)12-8(4-10)11-6/h1-3,8,11-12H,4,10H2. The number of halogens is 1. The van der Waals surface area contributed by atoms with Gasteiger partial charge in [-0.05, 0) is 18.2 Å². The van der Waals surface area contributed by atoms with E-state index in [1.807, 2.05) is 0 Å². The van der Waals surface area contributed by atoms with Crippen LogP contribution in [-0.2, 0) is 0 Å². The summed E-state index contributed by atoms with van der Waals surface area (Å²) in [7, 11) is 0. The Labute approximate surface area is 69.8 Å². The molecule has 1 heterocycles. The summed E-state index contributed by atoms with van der Waals surface area (Å²) in [4.78, 5) is 0. The van der Waals surface area contributed by atoms with Crippen LogP contribution in [0.15, 0.2) is 18.2 Å². The molecule has 1 aliphatic heterocycles. The van der Waals surface area contributed by atoms with Gasteiger partial charge in [0.1, 0.15) is 12.0 Å². The van der Waals surface area contributed by atoms with E-state index in [9.17, 15) is 4.39 Å². The van der Waals surface area contributed by atoms with E-state index >= 15 is 0 Å². The van der Waals surface area contributed by atoms with Crippen LogP contribution < -0.4 is 16.4 Å². The van der Waals surface area contributed by atoms with Gasteiger partial charge in [0.2, 0.25) is 0 Å². The normalized spacial score (nSPS) is 19.7. The third-order valence-corrected chi connectivity index (χ3v) is 1.88. The SMILES string of the molecule is NCC1Nc2ccc(F)cc2N1. The number of hydrogen-bond acceptors (Lipinski definition) is 3. The van der Waals surface area contributed by atoms with Crippen LogP contribution in [0, 0.1) is 5.82 Å². The molecular formula is C8H10FN3. The smallest absolute Gasteiger partial charge is 0.125 e. The molecule has 1 aromatic rings. The first-order chi connectivity index (χ1) is 5.79. The molecule has 0 radical (unpaired) electrons. The van der Waals surface area contributed by atoms with Gasteiger partial charge in [-0.15, -0.1) is 0 Å². The number of anilines is 2. The Morgan fingerprint density at radius 1 is 1.33 bits per heavy atom. The Morgan fingerprint density at radius 2 is 2.08 bits per heavy atom. The Morgan fingerprint density at radius 3 is 2.83 bits per heavy atom. The van der Waals surface area contributed by atoms with Crippen LogP contribution >= 0.6 is 0 Å². The van der Waals surface area contributed by atoms with E-state index in [2.05, 4.69) is 10.6 Å². The molecule has 0 saturated carbocycles.